The Kier molecular flexibility index (Phi) is 7.37. The van der Waals surface area contributed by atoms with Gasteiger partial charge in [0, 0.05) is 0 Å². The molecule has 1 fully saturated rings. The number of thioether (sulfide) groups is 1. The van der Waals surface area contributed by atoms with Crippen LogP contribution in [0.3, 0.4) is 0 Å². The fraction of sp³-hybridized carbons (Fsp3) is 0.120. The van der Waals surface area contributed by atoms with Crippen molar-refractivity contribution in [3.05, 3.63) is 87.2 Å². The van der Waals surface area contributed by atoms with Gasteiger partial charge >= 0.3 is 0 Å². The van der Waals surface area contributed by atoms with Gasteiger partial charge in [0.2, 0.25) is 0 Å². The van der Waals surface area contributed by atoms with Crippen LogP contribution in [0.5, 0.6) is 17.2 Å². The van der Waals surface area contributed by atoms with E-state index < -0.39 is 0 Å². The normalized spacial score (nSPS) is 14.6. The number of nitrogens with zero attached hydrogens (tertiary/aromatic N) is 1. The number of ether oxygens (including phenoxy) is 3. The van der Waals surface area contributed by atoms with Crippen LogP contribution in [-0.4, -0.2) is 24.4 Å². The van der Waals surface area contributed by atoms with Crippen LogP contribution in [0.2, 0.25) is 0 Å². The van der Waals surface area contributed by atoms with Crippen molar-refractivity contribution in [2.24, 2.45) is 0 Å². The maximum atomic E-state index is 13.1. The number of thiocarbonyl (C=S) groups is 1. The van der Waals surface area contributed by atoms with Crippen molar-refractivity contribution in [1.82, 2.24) is 0 Å². The minimum Gasteiger partial charge on any atom is -0.497 e. The topological polar surface area (TPSA) is 48.0 Å². The van der Waals surface area contributed by atoms with Crippen LogP contribution < -0.4 is 19.1 Å². The molecular weight excluding hydrogens is 522 g/mol. The molecule has 3 aromatic carbocycles. The molecule has 1 saturated heterocycles. The van der Waals surface area contributed by atoms with Gasteiger partial charge in [-0.3, -0.25) is 9.69 Å². The number of amides is 1. The zero-order valence-electron chi connectivity index (χ0n) is 17.9. The summed E-state index contributed by atoms with van der Waals surface area (Å²) in [6.45, 7) is 0.412. The Morgan fingerprint density at radius 2 is 1.76 bits per heavy atom. The monoisotopic (exact) mass is 541 g/mol. The summed E-state index contributed by atoms with van der Waals surface area (Å²) < 4.78 is 18.0. The molecule has 1 aliphatic heterocycles. The summed E-state index contributed by atoms with van der Waals surface area (Å²) in [7, 11) is 3.19. The Hall–Kier alpha value is -2.81. The smallest absolute Gasteiger partial charge is 0.270 e. The molecule has 3 aromatic rings. The molecule has 8 heteroatoms. The summed E-state index contributed by atoms with van der Waals surface area (Å²) in [4.78, 5) is 15.1. The minimum absolute atomic E-state index is 0.172. The highest BCUT2D eigenvalue weighted by Crippen LogP contribution is 2.40. The van der Waals surface area contributed by atoms with Crippen molar-refractivity contribution in [2.45, 2.75) is 6.61 Å². The van der Waals surface area contributed by atoms with E-state index in [9.17, 15) is 4.79 Å². The quantitative estimate of drug-likeness (QED) is 0.253. The number of rotatable bonds is 7. The first-order valence-electron chi connectivity index (χ1n) is 9.96. The van der Waals surface area contributed by atoms with E-state index in [1.54, 1.807) is 32.4 Å². The number of methoxy groups -OCH3 is 2. The van der Waals surface area contributed by atoms with E-state index >= 15 is 0 Å². The van der Waals surface area contributed by atoms with Gasteiger partial charge in [-0.25, -0.2) is 0 Å². The average molecular weight is 542 g/mol. The molecule has 0 aliphatic carbocycles. The van der Waals surface area contributed by atoms with E-state index in [1.165, 1.54) is 16.7 Å². The number of hydrogen-bond donors (Lipinski definition) is 0. The highest BCUT2D eigenvalue weighted by molar-refractivity contribution is 9.10. The Morgan fingerprint density at radius 1 is 1.03 bits per heavy atom. The molecule has 1 heterocycles. The first-order chi connectivity index (χ1) is 16.0. The van der Waals surface area contributed by atoms with Gasteiger partial charge in [-0.2, -0.15) is 0 Å². The van der Waals surface area contributed by atoms with Gasteiger partial charge in [-0.05, 0) is 69.5 Å². The van der Waals surface area contributed by atoms with Crippen molar-refractivity contribution < 1.29 is 19.0 Å². The molecule has 0 aromatic heterocycles. The molecule has 33 heavy (non-hydrogen) atoms. The van der Waals surface area contributed by atoms with E-state index in [-0.39, 0.29) is 5.91 Å². The lowest BCUT2D eigenvalue weighted by Crippen LogP contribution is -2.27. The Morgan fingerprint density at radius 3 is 2.42 bits per heavy atom. The second kappa shape index (κ2) is 10.4. The zero-order chi connectivity index (χ0) is 23.4. The molecule has 4 rings (SSSR count). The second-order valence-electron chi connectivity index (χ2n) is 7.02. The number of benzene rings is 3. The highest BCUT2D eigenvalue weighted by Gasteiger charge is 2.33. The van der Waals surface area contributed by atoms with Crippen molar-refractivity contribution in [1.29, 1.82) is 0 Å². The summed E-state index contributed by atoms with van der Waals surface area (Å²) >= 11 is 10.3. The molecule has 0 saturated carbocycles. The molecule has 0 atom stereocenters. The van der Waals surface area contributed by atoms with Gasteiger partial charge in [-0.1, -0.05) is 54.3 Å². The molecule has 168 valence electrons. The van der Waals surface area contributed by atoms with Crippen LogP contribution in [-0.2, 0) is 11.4 Å². The van der Waals surface area contributed by atoms with Gasteiger partial charge in [0.25, 0.3) is 5.91 Å². The maximum Gasteiger partial charge on any atom is 0.270 e. The molecular formula is C25H20BrNO4S2. The minimum atomic E-state index is -0.172. The SMILES string of the molecule is COc1ccc(N2C(=O)/C(=C/c3cc(Br)c(OCc4ccccc4)c(OC)c3)SC2=S)cc1. The van der Waals surface area contributed by atoms with Gasteiger partial charge in [-0.15, -0.1) is 0 Å². The fourth-order valence-corrected chi connectivity index (χ4v) is 5.14. The van der Waals surface area contributed by atoms with Crippen molar-refractivity contribution in [2.75, 3.05) is 19.1 Å². The molecule has 0 spiro atoms. The third-order valence-corrected chi connectivity index (χ3v) is 6.79. The molecule has 1 aliphatic rings. The second-order valence-corrected chi connectivity index (χ2v) is 9.55. The molecule has 0 unspecified atom stereocenters. The predicted octanol–water partition coefficient (Wildman–Crippen LogP) is 6.45. The summed E-state index contributed by atoms with van der Waals surface area (Å²) in [6.07, 6.45) is 1.80. The van der Waals surface area contributed by atoms with Gasteiger partial charge in [0.05, 0.1) is 29.3 Å². The molecule has 0 radical (unpaired) electrons. The van der Waals surface area contributed by atoms with E-state index in [4.69, 9.17) is 26.4 Å². The van der Waals surface area contributed by atoms with Crippen LogP contribution in [0.4, 0.5) is 5.69 Å². The lowest BCUT2D eigenvalue weighted by Gasteiger charge is -2.15. The van der Waals surface area contributed by atoms with E-state index in [0.29, 0.717) is 38.8 Å². The first-order valence-corrected chi connectivity index (χ1v) is 12.0. The van der Waals surface area contributed by atoms with Crippen molar-refractivity contribution in [3.63, 3.8) is 0 Å². The summed E-state index contributed by atoms with van der Waals surface area (Å²) in [5.41, 5.74) is 2.55. The number of carbonyl (C=O) groups excluding carboxylic acids is 1. The largest absolute Gasteiger partial charge is 0.497 e. The Labute approximate surface area is 210 Å². The Balaban J connectivity index is 1.57. The summed E-state index contributed by atoms with van der Waals surface area (Å²) in [5.74, 6) is 1.71. The van der Waals surface area contributed by atoms with Crippen molar-refractivity contribution >= 4 is 61.9 Å². The van der Waals surface area contributed by atoms with Crippen molar-refractivity contribution in [3.8, 4) is 17.2 Å². The van der Waals surface area contributed by atoms with Gasteiger partial charge in [0.1, 0.15) is 12.4 Å². The fourth-order valence-electron chi connectivity index (χ4n) is 3.27. The zero-order valence-corrected chi connectivity index (χ0v) is 21.1. The lowest BCUT2D eigenvalue weighted by atomic mass is 10.1. The molecule has 5 nitrogen and oxygen atoms in total. The number of halogens is 1. The van der Waals surface area contributed by atoms with Crippen LogP contribution in [0.1, 0.15) is 11.1 Å². The number of carbonyl (C=O) groups is 1. The summed E-state index contributed by atoms with van der Waals surface area (Å²) in [5, 5.41) is 0. The van der Waals surface area contributed by atoms with E-state index in [0.717, 1.165) is 15.6 Å². The van der Waals surface area contributed by atoms with Crippen LogP contribution in [0.15, 0.2) is 76.1 Å². The van der Waals surface area contributed by atoms with Gasteiger partial charge in [0.15, 0.2) is 15.8 Å². The molecule has 0 N–H and O–H groups in total. The van der Waals surface area contributed by atoms with E-state index in [2.05, 4.69) is 15.9 Å². The molecule has 1 amide bonds. The maximum absolute atomic E-state index is 13.1. The average Bonchev–Trinajstić information content (AvgIpc) is 3.11. The number of anilines is 1. The third-order valence-electron chi connectivity index (χ3n) is 4.90. The standard InChI is InChI=1S/C25H20BrNO4S2/c1-29-19-10-8-18(9-11-19)27-24(28)22(33-25(27)32)14-17-12-20(26)23(21(13-17)30-2)31-15-16-6-4-3-5-7-16/h3-14H,15H2,1-2H3/b22-14-. The predicted molar refractivity (Wildman–Crippen MR) is 140 cm³/mol. The highest BCUT2D eigenvalue weighted by atomic mass is 79.9. The van der Waals surface area contributed by atoms with E-state index in [1.807, 2.05) is 54.6 Å². The van der Waals surface area contributed by atoms with Gasteiger partial charge < -0.3 is 14.2 Å². The Bertz CT molecular complexity index is 1210. The molecule has 0 bridgehead atoms. The number of hydrogen-bond acceptors (Lipinski definition) is 6. The lowest BCUT2D eigenvalue weighted by molar-refractivity contribution is -0.113. The van der Waals surface area contributed by atoms with Crippen LogP contribution >= 0.6 is 39.9 Å². The third kappa shape index (κ3) is 5.24. The van der Waals surface area contributed by atoms with Crippen LogP contribution in [0, 0.1) is 0 Å². The van der Waals surface area contributed by atoms with Crippen LogP contribution in [0.25, 0.3) is 6.08 Å². The summed E-state index contributed by atoms with van der Waals surface area (Å²) in [6, 6.07) is 20.9. The first kappa shape index (κ1) is 23.4.